The van der Waals surface area contributed by atoms with E-state index in [0.717, 1.165) is 5.56 Å². The van der Waals surface area contributed by atoms with E-state index in [1.807, 2.05) is 30.3 Å². The van der Waals surface area contributed by atoms with Crippen LogP contribution in [0.2, 0.25) is 0 Å². The van der Waals surface area contributed by atoms with E-state index in [1.54, 1.807) is 0 Å². The van der Waals surface area contributed by atoms with Crippen LogP contribution >= 0.6 is 0 Å². The van der Waals surface area contributed by atoms with Gasteiger partial charge in [0.25, 0.3) is 0 Å². The van der Waals surface area contributed by atoms with Gasteiger partial charge < -0.3 is 4.74 Å². The van der Waals surface area contributed by atoms with Crippen LogP contribution in [0, 0.1) is 0 Å². The van der Waals surface area contributed by atoms with Gasteiger partial charge in [-0.15, -0.1) is 0 Å². The molecule has 1 aliphatic rings. The summed E-state index contributed by atoms with van der Waals surface area (Å²) in [6.07, 6.45) is 0.677. The first-order chi connectivity index (χ1) is 6.34. The largest absolute Gasteiger partial charge is 0.373 e. The molecule has 0 aliphatic heterocycles. The summed E-state index contributed by atoms with van der Waals surface area (Å²) in [5.41, 5.74) is 1.16. The van der Waals surface area contributed by atoms with Gasteiger partial charge in [-0.2, -0.15) is 0 Å². The lowest BCUT2D eigenvalue weighted by atomic mass is 9.94. The topological polar surface area (TPSA) is 9.23 Å². The summed E-state index contributed by atoms with van der Waals surface area (Å²) in [7, 11) is 0. The molecule has 0 bridgehead atoms. The maximum atomic E-state index is 12.4. The van der Waals surface area contributed by atoms with Gasteiger partial charge in [-0.1, -0.05) is 30.3 Å². The van der Waals surface area contributed by atoms with Crippen molar-refractivity contribution in [3.05, 3.63) is 35.9 Å². The quantitative estimate of drug-likeness (QED) is 0.695. The van der Waals surface area contributed by atoms with Crippen molar-refractivity contribution in [2.45, 2.75) is 31.7 Å². The van der Waals surface area contributed by atoms with Crippen LogP contribution in [0.1, 0.15) is 18.4 Å². The molecule has 0 heterocycles. The lowest BCUT2D eigenvalue weighted by Gasteiger charge is -2.29. The number of ether oxygens (including phenoxy) is 1. The minimum absolute atomic E-state index is 0.148. The Hall–Kier alpha value is -0.890. The monoisotopic (exact) mass is 180 g/mol. The van der Waals surface area contributed by atoms with Gasteiger partial charge in [0, 0.05) is 12.8 Å². The van der Waals surface area contributed by atoms with Crippen molar-refractivity contribution in [2.75, 3.05) is 0 Å². The van der Waals surface area contributed by atoms with E-state index in [0.29, 0.717) is 19.4 Å². The third-order valence-electron chi connectivity index (χ3n) is 2.37. The Labute approximate surface area is 77.5 Å². The molecular weight excluding hydrogens is 167 g/mol. The van der Waals surface area contributed by atoms with Crippen molar-refractivity contribution in [3.8, 4) is 0 Å². The zero-order valence-corrected chi connectivity index (χ0v) is 7.45. The molecule has 1 aliphatic carbocycles. The van der Waals surface area contributed by atoms with Crippen LogP contribution in [-0.4, -0.2) is 12.3 Å². The van der Waals surface area contributed by atoms with Crippen molar-refractivity contribution < 1.29 is 9.13 Å². The fourth-order valence-corrected chi connectivity index (χ4v) is 1.43. The molecule has 1 saturated carbocycles. The molecule has 0 saturated heterocycles. The van der Waals surface area contributed by atoms with Gasteiger partial charge in [-0.25, -0.2) is 4.39 Å². The molecule has 0 aromatic heterocycles. The molecule has 0 radical (unpaired) electrons. The zero-order chi connectivity index (χ0) is 9.10. The summed E-state index contributed by atoms with van der Waals surface area (Å²) in [5, 5.41) is 0. The van der Waals surface area contributed by atoms with Crippen molar-refractivity contribution >= 4 is 0 Å². The number of alkyl halides is 1. The smallest absolute Gasteiger partial charge is 0.105 e. The minimum Gasteiger partial charge on any atom is -0.373 e. The van der Waals surface area contributed by atoms with Gasteiger partial charge in [0.1, 0.15) is 6.17 Å². The maximum Gasteiger partial charge on any atom is 0.105 e. The third-order valence-corrected chi connectivity index (χ3v) is 2.37. The van der Waals surface area contributed by atoms with Crippen molar-refractivity contribution in [1.82, 2.24) is 0 Å². The standard InChI is InChI=1S/C11H13FO/c12-10-6-11(7-10)13-8-9-4-2-1-3-5-9/h1-5,10-11H,6-8H2. The highest BCUT2D eigenvalue weighted by Gasteiger charge is 2.29. The molecule has 2 rings (SSSR count). The van der Waals surface area contributed by atoms with Crippen LogP contribution in [0.15, 0.2) is 30.3 Å². The van der Waals surface area contributed by atoms with E-state index in [4.69, 9.17) is 4.74 Å². The van der Waals surface area contributed by atoms with E-state index in [1.165, 1.54) is 0 Å². The van der Waals surface area contributed by atoms with Crippen LogP contribution in [0.3, 0.4) is 0 Å². The summed E-state index contributed by atoms with van der Waals surface area (Å²) in [6, 6.07) is 9.98. The molecule has 0 atom stereocenters. The molecule has 1 fully saturated rings. The van der Waals surface area contributed by atoms with E-state index in [-0.39, 0.29) is 6.10 Å². The molecular formula is C11H13FO. The lowest BCUT2D eigenvalue weighted by molar-refractivity contribution is -0.0496. The molecule has 0 N–H and O–H groups in total. The molecule has 70 valence electrons. The van der Waals surface area contributed by atoms with E-state index < -0.39 is 6.17 Å². The Bertz CT molecular complexity index is 254. The Morgan fingerprint density at radius 3 is 2.54 bits per heavy atom. The van der Waals surface area contributed by atoms with Gasteiger partial charge in [-0.3, -0.25) is 0 Å². The predicted octanol–water partition coefficient (Wildman–Crippen LogP) is 2.70. The summed E-state index contributed by atoms with van der Waals surface area (Å²) >= 11 is 0. The lowest BCUT2D eigenvalue weighted by Crippen LogP contribution is -2.32. The number of benzene rings is 1. The fourth-order valence-electron chi connectivity index (χ4n) is 1.43. The van der Waals surface area contributed by atoms with Crippen molar-refractivity contribution in [1.29, 1.82) is 0 Å². The first kappa shape index (κ1) is 8.70. The Morgan fingerprint density at radius 2 is 1.92 bits per heavy atom. The number of rotatable bonds is 3. The second kappa shape index (κ2) is 3.88. The van der Waals surface area contributed by atoms with Gasteiger partial charge in [-0.05, 0) is 5.56 Å². The van der Waals surface area contributed by atoms with E-state index in [2.05, 4.69) is 0 Å². The maximum absolute atomic E-state index is 12.4. The minimum atomic E-state index is -0.624. The Balaban J connectivity index is 1.74. The van der Waals surface area contributed by atoms with Crippen molar-refractivity contribution in [3.63, 3.8) is 0 Å². The summed E-state index contributed by atoms with van der Waals surface area (Å²) in [4.78, 5) is 0. The highest BCUT2D eigenvalue weighted by Crippen LogP contribution is 2.26. The molecule has 13 heavy (non-hydrogen) atoms. The molecule has 0 unspecified atom stereocenters. The average Bonchev–Trinajstić information content (AvgIpc) is 2.12. The molecule has 1 aromatic rings. The van der Waals surface area contributed by atoms with Gasteiger partial charge in [0.2, 0.25) is 0 Å². The first-order valence-electron chi connectivity index (χ1n) is 4.64. The second-order valence-electron chi connectivity index (χ2n) is 3.49. The Kier molecular flexibility index (Phi) is 2.60. The van der Waals surface area contributed by atoms with Crippen molar-refractivity contribution in [2.24, 2.45) is 0 Å². The van der Waals surface area contributed by atoms with Crippen LogP contribution in [-0.2, 0) is 11.3 Å². The van der Waals surface area contributed by atoms with Crippen LogP contribution in [0.5, 0.6) is 0 Å². The van der Waals surface area contributed by atoms with E-state index >= 15 is 0 Å². The summed E-state index contributed by atoms with van der Waals surface area (Å²) in [6.45, 7) is 0.609. The van der Waals surface area contributed by atoms with Crippen LogP contribution in [0.4, 0.5) is 4.39 Å². The highest BCUT2D eigenvalue weighted by molar-refractivity contribution is 5.13. The number of halogens is 1. The van der Waals surface area contributed by atoms with Crippen LogP contribution < -0.4 is 0 Å². The number of hydrogen-bond donors (Lipinski definition) is 0. The highest BCUT2D eigenvalue weighted by atomic mass is 19.1. The van der Waals surface area contributed by atoms with Crippen LogP contribution in [0.25, 0.3) is 0 Å². The Morgan fingerprint density at radius 1 is 1.23 bits per heavy atom. The predicted molar refractivity (Wildman–Crippen MR) is 49.1 cm³/mol. The molecule has 1 aromatic carbocycles. The SMILES string of the molecule is FC1CC(OCc2ccccc2)C1. The zero-order valence-electron chi connectivity index (χ0n) is 7.45. The molecule has 2 heteroatoms. The fraction of sp³-hybridized carbons (Fsp3) is 0.455. The third kappa shape index (κ3) is 2.28. The van der Waals surface area contributed by atoms with Gasteiger partial charge in [0.05, 0.1) is 12.7 Å². The second-order valence-corrected chi connectivity index (χ2v) is 3.49. The molecule has 0 spiro atoms. The number of hydrogen-bond acceptors (Lipinski definition) is 1. The first-order valence-corrected chi connectivity index (χ1v) is 4.64. The molecule has 0 amide bonds. The summed E-state index contributed by atoms with van der Waals surface area (Å²) in [5.74, 6) is 0. The summed E-state index contributed by atoms with van der Waals surface area (Å²) < 4.78 is 17.9. The van der Waals surface area contributed by atoms with Gasteiger partial charge >= 0.3 is 0 Å². The normalized spacial score (nSPS) is 26.8. The molecule has 1 nitrogen and oxygen atoms in total. The average molecular weight is 180 g/mol. The van der Waals surface area contributed by atoms with Gasteiger partial charge in [0.15, 0.2) is 0 Å². The van der Waals surface area contributed by atoms with E-state index in [9.17, 15) is 4.39 Å².